The number of rotatable bonds is 8. The molecule has 0 saturated carbocycles. The molecule has 0 unspecified atom stereocenters. The summed E-state index contributed by atoms with van der Waals surface area (Å²) in [5, 5.41) is 4.33. The molecule has 1 heterocycles. The van der Waals surface area contributed by atoms with Gasteiger partial charge in [-0.2, -0.15) is 0 Å². The Labute approximate surface area is 274 Å². The van der Waals surface area contributed by atoms with E-state index in [1.54, 1.807) is 67.1 Å². The van der Waals surface area contributed by atoms with Crippen molar-refractivity contribution in [1.29, 1.82) is 0 Å². The van der Waals surface area contributed by atoms with Crippen LogP contribution in [0.25, 0.3) is 0 Å². The van der Waals surface area contributed by atoms with Crippen LogP contribution in [0.5, 0.6) is 11.5 Å². The molecule has 5 nitrogen and oxygen atoms in total. The fourth-order valence-corrected chi connectivity index (χ4v) is 7.39. The van der Waals surface area contributed by atoms with Crippen LogP contribution in [0.3, 0.4) is 0 Å². The number of ether oxygens (including phenoxy) is 2. The number of fused-ring (bicyclic) bond motifs is 1. The summed E-state index contributed by atoms with van der Waals surface area (Å²) in [6.45, 7) is 6.92. The third kappa shape index (κ3) is 7.41. The van der Waals surface area contributed by atoms with E-state index in [1.165, 1.54) is 10.9 Å². The molecule has 1 amide bonds. The molecule has 1 aromatic heterocycles. The number of carbonyl (C=O) groups is 1. The number of nitrogens with one attached hydrogen (secondary N) is 1. The highest BCUT2D eigenvalue weighted by Gasteiger charge is 2.33. The summed E-state index contributed by atoms with van der Waals surface area (Å²) in [5.41, 5.74) is 3.84. The first kappa shape index (κ1) is 31.5. The van der Waals surface area contributed by atoms with E-state index in [1.807, 2.05) is 12.1 Å². The lowest BCUT2D eigenvalue weighted by Crippen LogP contribution is -2.27. The molecule has 0 spiro atoms. The number of halogens is 3. The molecule has 4 aromatic rings. The van der Waals surface area contributed by atoms with E-state index in [2.05, 4.69) is 48.7 Å². The fraction of sp³-hybridized carbons (Fsp3) is 0.294. The number of anilines is 1. The maximum Gasteiger partial charge on any atom is 0.259 e. The van der Waals surface area contributed by atoms with Crippen LogP contribution in [-0.4, -0.2) is 19.2 Å². The molecule has 0 saturated heterocycles. The summed E-state index contributed by atoms with van der Waals surface area (Å²) in [6, 6.07) is 17.4. The number of thiophene rings is 1. The summed E-state index contributed by atoms with van der Waals surface area (Å²) in [4.78, 5) is 19.8. The van der Waals surface area contributed by atoms with Crippen LogP contribution in [0.2, 0.25) is 5.02 Å². The highest BCUT2D eigenvalue weighted by atomic mass is 127. The van der Waals surface area contributed by atoms with Gasteiger partial charge >= 0.3 is 0 Å². The smallest absolute Gasteiger partial charge is 0.259 e. The van der Waals surface area contributed by atoms with Gasteiger partial charge in [0.2, 0.25) is 0 Å². The maximum atomic E-state index is 14.1. The van der Waals surface area contributed by atoms with Crippen molar-refractivity contribution in [2.24, 2.45) is 16.3 Å². The summed E-state index contributed by atoms with van der Waals surface area (Å²) < 4.78 is 26.5. The first-order chi connectivity index (χ1) is 20.5. The number of methoxy groups -OCH3 is 1. The van der Waals surface area contributed by atoms with Gasteiger partial charge in [0, 0.05) is 27.4 Å². The third-order valence-electron chi connectivity index (χ3n) is 7.71. The summed E-state index contributed by atoms with van der Waals surface area (Å²) in [6.07, 6.45) is 4.55. The van der Waals surface area contributed by atoms with Crippen molar-refractivity contribution in [2.45, 2.75) is 46.6 Å². The Morgan fingerprint density at radius 2 is 1.93 bits per heavy atom. The van der Waals surface area contributed by atoms with Crippen molar-refractivity contribution < 1.29 is 18.7 Å². The Balaban J connectivity index is 1.45. The van der Waals surface area contributed by atoms with E-state index in [4.69, 9.17) is 26.1 Å². The molecule has 0 radical (unpaired) electrons. The molecule has 0 fully saturated rings. The number of carbonyl (C=O) groups excluding carboxylic acids is 1. The molecular weight excluding hydrogens is 698 g/mol. The normalized spacial score (nSPS) is 14.9. The molecule has 1 aliphatic rings. The minimum Gasteiger partial charge on any atom is -0.493 e. The second-order valence-corrected chi connectivity index (χ2v) is 14.3. The number of aliphatic imine (C=N–C) groups is 1. The summed E-state index contributed by atoms with van der Waals surface area (Å²) >= 11 is 9.82. The second-order valence-electron chi connectivity index (χ2n) is 11.6. The van der Waals surface area contributed by atoms with E-state index in [0.29, 0.717) is 44.3 Å². The van der Waals surface area contributed by atoms with E-state index in [-0.39, 0.29) is 23.7 Å². The Morgan fingerprint density at radius 1 is 1.19 bits per heavy atom. The van der Waals surface area contributed by atoms with Crippen LogP contribution in [0.15, 0.2) is 65.7 Å². The second kappa shape index (κ2) is 13.4. The molecule has 43 heavy (non-hydrogen) atoms. The molecule has 1 aliphatic carbocycles. The van der Waals surface area contributed by atoms with Crippen LogP contribution < -0.4 is 14.8 Å². The summed E-state index contributed by atoms with van der Waals surface area (Å²) in [5.74, 6) is 1.09. The maximum absolute atomic E-state index is 14.1. The van der Waals surface area contributed by atoms with Crippen LogP contribution in [0.4, 0.5) is 15.1 Å². The van der Waals surface area contributed by atoms with Gasteiger partial charge in [-0.1, -0.05) is 50.6 Å². The third-order valence-corrected chi connectivity index (χ3v) is 9.93. The molecule has 1 atom stereocenters. The lowest BCUT2D eigenvalue weighted by molar-refractivity contribution is 0.102. The number of amides is 1. The van der Waals surface area contributed by atoms with E-state index in [0.717, 1.165) is 34.0 Å². The van der Waals surface area contributed by atoms with Crippen LogP contribution in [0, 0.1) is 20.7 Å². The number of hydrogen-bond acceptors (Lipinski definition) is 5. The van der Waals surface area contributed by atoms with Crippen molar-refractivity contribution in [2.75, 3.05) is 12.4 Å². The van der Waals surface area contributed by atoms with Gasteiger partial charge in [0.15, 0.2) is 11.5 Å². The van der Waals surface area contributed by atoms with Crippen LogP contribution >= 0.6 is 45.5 Å². The lowest BCUT2D eigenvalue weighted by atomic mass is 9.72. The molecule has 3 aromatic carbocycles. The predicted octanol–water partition coefficient (Wildman–Crippen LogP) is 9.89. The number of nitrogens with zero attached hydrogens (tertiary/aromatic N) is 1. The minimum atomic E-state index is -0.316. The van der Waals surface area contributed by atoms with E-state index in [9.17, 15) is 9.18 Å². The van der Waals surface area contributed by atoms with Crippen LogP contribution in [0.1, 0.15) is 59.1 Å². The van der Waals surface area contributed by atoms with E-state index < -0.39 is 0 Å². The Morgan fingerprint density at radius 3 is 2.63 bits per heavy atom. The number of hydrogen-bond donors (Lipinski definition) is 1. The molecule has 0 aliphatic heterocycles. The quantitative estimate of drug-likeness (QED) is 0.145. The largest absolute Gasteiger partial charge is 0.493 e. The highest BCUT2D eigenvalue weighted by Crippen LogP contribution is 2.45. The number of benzene rings is 3. The lowest BCUT2D eigenvalue weighted by Gasteiger charge is -2.33. The highest BCUT2D eigenvalue weighted by molar-refractivity contribution is 14.1. The van der Waals surface area contributed by atoms with Gasteiger partial charge in [-0.3, -0.25) is 4.79 Å². The Kier molecular flexibility index (Phi) is 9.78. The van der Waals surface area contributed by atoms with Crippen molar-refractivity contribution in [1.82, 2.24) is 0 Å². The van der Waals surface area contributed by atoms with Gasteiger partial charge in [-0.25, -0.2) is 9.38 Å². The first-order valence-electron chi connectivity index (χ1n) is 14.0. The van der Waals surface area contributed by atoms with Gasteiger partial charge in [-0.05, 0) is 107 Å². The zero-order chi connectivity index (χ0) is 30.7. The fourth-order valence-electron chi connectivity index (χ4n) is 5.22. The molecule has 0 bridgehead atoms. The van der Waals surface area contributed by atoms with Gasteiger partial charge in [0.05, 0.1) is 16.2 Å². The van der Waals surface area contributed by atoms with E-state index >= 15 is 0 Å². The van der Waals surface area contributed by atoms with Crippen molar-refractivity contribution in [3.63, 3.8) is 0 Å². The van der Waals surface area contributed by atoms with Gasteiger partial charge < -0.3 is 14.8 Å². The molecular formula is C34H33ClFIN2O3S. The van der Waals surface area contributed by atoms with Crippen LogP contribution in [-0.2, 0) is 19.4 Å². The monoisotopic (exact) mass is 730 g/mol. The van der Waals surface area contributed by atoms with Gasteiger partial charge in [-0.15, -0.1) is 11.3 Å². The zero-order valence-corrected chi connectivity index (χ0v) is 28.2. The topological polar surface area (TPSA) is 59.9 Å². The average Bonchev–Trinajstić information content (AvgIpc) is 3.34. The minimum absolute atomic E-state index is 0.0782. The standard InChI is InChI=1S/C34H33ClFIN2O3S/c1-34(2,3)22-9-14-25-29(17-22)43-33(30(25)32(40)39-24-12-10-23(35)11-13-24)38-18-20-15-27(37)31(28(16-20)41-4)42-19-21-7-5-6-8-26(21)36/h5-8,10-13,15-16,18,22H,9,14,17,19H2,1-4H3,(H,39,40)/t22-/m1/s1. The van der Waals surface area contributed by atoms with Crippen molar-refractivity contribution >= 4 is 68.3 Å². The zero-order valence-electron chi connectivity index (χ0n) is 24.5. The predicted molar refractivity (Wildman–Crippen MR) is 182 cm³/mol. The first-order valence-corrected chi connectivity index (χ1v) is 16.3. The van der Waals surface area contributed by atoms with Gasteiger partial charge in [0.25, 0.3) is 5.91 Å². The molecule has 9 heteroatoms. The van der Waals surface area contributed by atoms with Crippen molar-refractivity contribution in [3.05, 3.63) is 102 Å². The average molecular weight is 731 g/mol. The molecule has 224 valence electrons. The molecule has 5 rings (SSSR count). The summed E-state index contributed by atoms with van der Waals surface area (Å²) in [7, 11) is 1.57. The Bertz CT molecular complexity index is 1660. The SMILES string of the molecule is COc1cc(C=Nc2sc3c(c2C(=O)Nc2ccc(Cl)cc2)CC[C@@H](C(C)(C)C)C3)cc(I)c1OCc1ccccc1F. The Hall–Kier alpha value is -2.95. The van der Waals surface area contributed by atoms with Gasteiger partial charge in [0.1, 0.15) is 17.4 Å². The van der Waals surface area contributed by atoms with Crippen molar-refractivity contribution in [3.8, 4) is 11.5 Å². The molecule has 1 N–H and O–H groups in total.